The third kappa shape index (κ3) is 5.16. The highest BCUT2D eigenvalue weighted by atomic mass is 19.1. The molecule has 2 N–H and O–H groups in total. The van der Waals surface area contributed by atoms with Gasteiger partial charge in [0.2, 0.25) is 0 Å². The molecule has 1 aliphatic rings. The van der Waals surface area contributed by atoms with Crippen LogP contribution in [0.25, 0.3) is 22.2 Å². The molecule has 1 aliphatic heterocycles. The molecule has 184 valence electrons. The fourth-order valence-electron chi connectivity index (χ4n) is 4.42. The summed E-state index contributed by atoms with van der Waals surface area (Å²) in [7, 11) is 0. The SMILES string of the molecule is CC(C)N1CCC(Nc2cncc(-c3cnc4cnc(NC(=O)c5ccccc5)cc4c3F)n2)CC1. The number of carbonyl (C=O) groups excluding carboxylic acids is 1. The number of hydrogen-bond donors (Lipinski definition) is 2. The fraction of sp³-hybridized carbons (Fsp3) is 0.296. The Balaban J connectivity index is 1.36. The van der Waals surface area contributed by atoms with Gasteiger partial charge in [0.15, 0.2) is 0 Å². The second kappa shape index (κ2) is 10.3. The molecule has 3 aromatic heterocycles. The largest absolute Gasteiger partial charge is 0.366 e. The zero-order valence-corrected chi connectivity index (χ0v) is 20.3. The van der Waals surface area contributed by atoms with E-state index < -0.39 is 5.82 Å². The van der Waals surface area contributed by atoms with Crippen molar-refractivity contribution in [2.45, 2.75) is 38.8 Å². The molecule has 1 amide bonds. The van der Waals surface area contributed by atoms with E-state index >= 15 is 4.39 Å². The first-order valence-electron chi connectivity index (χ1n) is 12.1. The van der Waals surface area contributed by atoms with E-state index in [1.54, 1.807) is 30.5 Å². The lowest BCUT2D eigenvalue weighted by Crippen LogP contribution is -2.42. The Hall–Kier alpha value is -3.98. The average molecular weight is 486 g/mol. The molecule has 0 atom stereocenters. The number of nitrogens with one attached hydrogen (secondary N) is 2. The summed E-state index contributed by atoms with van der Waals surface area (Å²) < 4.78 is 15.6. The van der Waals surface area contributed by atoms with E-state index in [-0.39, 0.29) is 22.7 Å². The number of nitrogens with zero attached hydrogens (tertiary/aromatic N) is 5. The number of rotatable bonds is 6. The molecule has 0 saturated carbocycles. The molecule has 0 unspecified atom stereocenters. The molecule has 4 aromatic rings. The number of hydrogen-bond acceptors (Lipinski definition) is 7. The monoisotopic (exact) mass is 485 g/mol. The Morgan fingerprint density at radius 3 is 2.56 bits per heavy atom. The van der Waals surface area contributed by atoms with Gasteiger partial charge in [-0.05, 0) is 44.9 Å². The number of aromatic nitrogens is 4. The molecule has 0 bridgehead atoms. The van der Waals surface area contributed by atoms with Gasteiger partial charge in [0.25, 0.3) is 5.91 Å². The van der Waals surface area contributed by atoms with Crippen LogP contribution < -0.4 is 10.6 Å². The Kier molecular flexibility index (Phi) is 6.81. The topological polar surface area (TPSA) is 95.9 Å². The number of carbonyl (C=O) groups is 1. The summed E-state index contributed by atoms with van der Waals surface area (Å²) in [5.74, 6) is 0.0362. The van der Waals surface area contributed by atoms with Crippen molar-refractivity contribution in [1.82, 2.24) is 24.8 Å². The van der Waals surface area contributed by atoms with Crippen molar-refractivity contribution in [3.8, 4) is 11.3 Å². The van der Waals surface area contributed by atoms with E-state index in [0.717, 1.165) is 25.9 Å². The van der Waals surface area contributed by atoms with E-state index in [0.29, 0.717) is 34.7 Å². The standard InChI is InChI=1S/C27H28FN7O/c1-17(2)35-10-8-19(9-11-35)32-25-16-29-14-23(33-25)21-13-30-22-15-31-24(12-20(22)26(21)28)34-27(36)18-6-4-3-5-7-18/h3-7,12-17,19H,8-11H2,1-2H3,(H,32,33)(H,31,34,36). The maximum absolute atomic E-state index is 15.6. The molecule has 36 heavy (non-hydrogen) atoms. The molecule has 1 aromatic carbocycles. The summed E-state index contributed by atoms with van der Waals surface area (Å²) in [4.78, 5) is 32.4. The zero-order chi connectivity index (χ0) is 25.1. The van der Waals surface area contributed by atoms with Crippen molar-refractivity contribution >= 4 is 28.4 Å². The quantitative estimate of drug-likeness (QED) is 0.406. The van der Waals surface area contributed by atoms with Gasteiger partial charge < -0.3 is 15.5 Å². The molecule has 1 fully saturated rings. The minimum Gasteiger partial charge on any atom is -0.366 e. The third-order valence-corrected chi connectivity index (χ3v) is 6.49. The van der Waals surface area contributed by atoms with Crippen LogP contribution in [0.2, 0.25) is 0 Å². The van der Waals surface area contributed by atoms with E-state index in [9.17, 15) is 4.79 Å². The van der Waals surface area contributed by atoms with Gasteiger partial charge in [-0.15, -0.1) is 0 Å². The summed E-state index contributed by atoms with van der Waals surface area (Å²) in [5, 5.41) is 6.41. The first-order chi connectivity index (χ1) is 17.5. The minimum atomic E-state index is -0.491. The lowest BCUT2D eigenvalue weighted by atomic mass is 10.0. The maximum Gasteiger partial charge on any atom is 0.256 e. The fourth-order valence-corrected chi connectivity index (χ4v) is 4.42. The molecule has 0 spiro atoms. The van der Waals surface area contributed by atoms with E-state index in [2.05, 4.69) is 49.3 Å². The number of anilines is 2. The van der Waals surface area contributed by atoms with Gasteiger partial charge >= 0.3 is 0 Å². The highest BCUT2D eigenvalue weighted by Gasteiger charge is 2.21. The van der Waals surface area contributed by atoms with Crippen LogP contribution in [0.3, 0.4) is 0 Å². The molecule has 4 heterocycles. The number of halogens is 1. The van der Waals surface area contributed by atoms with E-state index in [1.807, 2.05) is 6.07 Å². The van der Waals surface area contributed by atoms with Crippen molar-refractivity contribution in [3.05, 3.63) is 72.6 Å². The van der Waals surface area contributed by atoms with Gasteiger partial charge in [-0.3, -0.25) is 14.8 Å². The molecule has 0 radical (unpaired) electrons. The van der Waals surface area contributed by atoms with Gasteiger partial charge in [-0.1, -0.05) is 18.2 Å². The highest BCUT2D eigenvalue weighted by Crippen LogP contribution is 2.28. The van der Waals surface area contributed by atoms with Crippen molar-refractivity contribution in [3.63, 3.8) is 0 Å². The Morgan fingerprint density at radius 2 is 1.81 bits per heavy atom. The predicted molar refractivity (Wildman–Crippen MR) is 138 cm³/mol. The summed E-state index contributed by atoms with van der Waals surface area (Å²) in [6.07, 6.45) is 8.09. The molecule has 8 nitrogen and oxygen atoms in total. The Labute approximate surface area is 209 Å². The molecule has 5 rings (SSSR count). The van der Waals surface area contributed by atoms with Crippen LogP contribution in [0, 0.1) is 5.82 Å². The van der Waals surface area contributed by atoms with Crippen LogP contribution in [0.15, 0.2) is 61.2 Å². The second-order valence-corrected chi connectivity index (χ2v) is 9.23. The Morgan fingerprint density at radius 1 is 1.03 bits per heavy atom. The van der Waals surface area contributed by atoms with E-state index in [1.165, 1.54) is 24.7 Å². The lowest BCUT2D eigenvalue weighted by Gasteiger charge is -2.35. The molecule has 1 saturated heterocycles. The molecule has 0 aliphatic carbocycles. The van der Waals surface area contributed by atoms with Crippen molar-refractivity contribution in [2.75, 3.05) is 23.7 Å². The molecule has 9 heteroatoms. The number of pyridine rings is 2. The van der Waals surface area contributed by atoms with Crippen LogP contribution in [0.5, 0.6) is 0 Å². The summed E-state index contributed by atoms with van der Waals surface area (Å²) in [5.41, 5.74) is 1.49. The lowest BCUT2D eigenvalue weighted by molar-refractivity contribution is 0.102. The van der Waals surface area contributed by atoms with Gasteiger partial charge in [-0.25, -0.2) is 14.4 Å². The van der Waals surface area contributed by atoms with Crippen LogP contribution in [-0.4, -0.2) is 55.9 Å². The number of likely N-dealkylation sites (tertiary alicyclic amines) is 1. The van der Waals surface area contributed by atoms with Crippen LogP contribution in [0.4, 0.5) is 16.0 Å². The highest BCUT2D eigenvalue weighted by molar-refractivity contribution is 6.04. The molecular formula is C27H28FN7O. The number of amides is 1. The van der Waals surface area contributed by atoms with Gasteiger partial charge in [0.05, 0.1) is 35.4 Å². The summed E-state index contributed by atoms with van der Waals surface area (Å²) >= 11 is 0. The summed E-state index contributed by atoms with van der Waals surface area (Å²) in [6.45, 7) is 6.49. The Bertz CT molecular complexity index is 1370. The molecular weight excluding hydrogens is 457 g/mol. The van der Waals surface area contributed by atoms with Gasteiger partial charge in [0.1, 0.15) is 17.5 Å². The van der Waals surface area contributed by atoms with E-state index in [4.69, 9.17) is 0 Å². The van der Waals surface area contributed by atoms with Crippen molar-refractivity contribution in [2.24, 2.45) is 0 Å². The normalized spacial score (nSPS) is 14.8. The maximum atomic E-state index is 15.6. The minimum absolute atomic E-state index is 0.236. The van der Waals surface area contributed by atoms with Crippen molar-refractivity contribution < 1.29 is 9.18 Å². The van der Waals surface area contributed by atoms with Crippen LogP contribution in [-0.2, 0) is 0 Å². The van der Waals surface area contributed by atoms with Crippen LogP contribution in [0.1, 0.15) is 37.0 Å². The smallest absolute Gasteiger partial charge is 0.256 e. The first-order valence-corrected chi connectivity index (χ1v) is 12.1. The van der Waals surface area contributed by atoms with Crippen molar-refractivity contribution in [1.29, 1.82) is 0 Å². The number of fused-ring (bicyclic) bond motifs is 1. The third-order valence-electron chi connectivity index (χ3n) is 6.49. The van der Waals surface area contributed by atoms with Gasteiger partial charge in [-0.2, -0.15) is 0 Å². The van der Waals surface area contributed by atoms with Gasteiger partial charge in [0, 0.05) is 42.3 Å². The second-order valence-electron chi connectivity index (χ2n) is 9.23. The first kappa shape index (κ1) is 23.7. The zero-order valence-electron chi connectivity index (χ0n) is 20.3. The average Bonchev–Trinajstić information content (AvgIpc) is 2.90. The van der Waals surface area contributed by atoms with Crippen LogP contribution >= 0.6 is 0 Å². The summed E-state index contributed by atoms with van der Waals surface area (Å²) in [6, 6.07) is 11.1. The number of benzene rings is 1. The predicted octanol–water partition coefficient (Wildman–Crippen LogP) is 4.76. The number of piperidine rings is 1.